The average molecular weight is 247 g/mol. The van der Waals surface area contributed by atoms with E-state index in [9.17, 15) is 4.79 Å². The van der Waals surface area contributed by atoms with E-state index >= 15 is 0 Å². The van der Waals surface area contributed by atoms with Gasteiger partial charge in [0.2, 0.25) is 0 Å². The van der Waals surface area contributed by atoms with Gasteiger partial charge in [-0.2, -0.15) is 0 Å². The van der Waals surface area contributed by atoms with Crippen molar-refractivity contribution in [1.82, 2.24) is 15.0 Å². The molecule has 6 nitrogen and oxygen atoms in total. The Kier molecular flexibility index (Phi) is 3.27. The van der Waals surface area contributed by atoms with Crippen LogP contribution in [0.2, 0.25) is 0 Å². The molecule has 0 fully saturated rings. The Balaban J connectivity index is 2.35. The summed E-state index contributed by atoms with van der Waals surface area (Å²) < 4.78 is 6.77. The van der Waals surface area contributed by atoms with Gasteiger partial charge in [-0.05, 0) is 13.0 Å². The van der Waals surface area contributed by atoms with Gasteiger partial charge >= 0.3 is 5.97 Å². The minimum absolute atomic E-state index is 0.0725. The molecule has 0 amide bonds. The van der Waals surface area contributed by atoms with Gasteiger partial charge in [-0.15, -0.1) is 5.10 Å². The molecule has 0 radical (unpaired) electrons. The second-order valence-corrected chi connectivity index (χ2v) is 3.81. The molecule has 0 saturated heterocycles. The highest BCUT2D eigenvalue weighted by molar-refractivity contribution is 5.84. The van der Waals surface area contributed by atoms with E-state index in [1.165, 1.54) is 10.9 Å². The number of carbonyl (C=O) groups is 1. The summed E-state index contributed by atoms with van der Waals surface area (Å²) in [6.45, 7) is 1.90. The topological polar surface area (TPSA) is 77.2 Å². The second kappa shape index (κ2) is 4.87. The average Bonchev–Trinajstić information content (AvgIpc) is 2.87. The summed E-state index contributed by atoms with van der Waals surface area (Å²) in [7, 11) is 1.59. The highest BCUT2D eigenvalue weighted by Gasteiger charge is 2.16. The quantitative estimate of drug-likeness (QED) is 0.887. The Hall–Kier alpha value is -2.37. The summed E-state index contributed by atoms with van der Waals surface area (Å²) in [5.41, 5.74) is 0.846. The fourth-order valence-electron chi connectivity index (χ4n) is 1.72. The lowest BCUT2D eigenvalue weighted by Crippen LogP contribution is -2.09. The molecule has 2 aromatic rings. The maximum atomic E-state index is 10.8. The molecule has 0 bridgehead atoms. The molecule has 1 aromatic carbocycles. The first-order valence-electron chi connectivity index (χ1n) is 5.41. The smallest absolute Gasteiger partial charge is 0.358 e. The Bertz CT molecular complexity index is 565. The van der Waals surface area contributed by atoms with Crippen LogP contribution in [0.5, 0.6) is 5.75 Å². The molecule has 0 aliphatic carbocycles. The second-order valence-electron chi connectivity index (χ2n) is 3.81. The van der Waals surface area contributed by atoms with Crippen molar-refractivity contribution >= 4 is 5.97 Å². The first-order chi connectivity index (χ1) is 8.63. The molecular formula is C12H13N3O3. The number of benzene rings is 1. The van der Waals surface area contributed by atoms with Crippen molar-refractivity contribution in [2.45, 2.75) is 13.0 Å². The van der Waals surface area contributed by atoms with Gasteiger partial charge in [0.25, 0.3) is 0 Å². The molecule has 1 heterocycles. The Morgan fingerprint density at radius 3 is 2.78 bits per heavy atom. The fourth-order valence-corrected chi connectivity index (χ4v) is 1.72. The summed E-state index contributed by atoms with van der Waals surface area (Å²) in [5, 5.41) is 16.2. The molecule has 18 heavy (non-hydrogen) atoms. The van der Waals surface area contributed by atoms with Gasteiger partial charge < -0.3 is 9.84 Å². The maximum absolute atomic E-state index is 10.8. The minimum Gasteiger partial charge on any atom is -0.496 e. The molecule has 2 rings (SSSR count). The number of nitrogens with zero attached hydrogens (tertiary/aromatic N) is 3. The van der Waals surface area contributed by atoms with Crippen molar-refractivity contribution in [2.24, 2.45) is 0 Å². The van der Waals surface area contributed by atoms with Crippen LogP contribution in [0.25, 0.3) is 0 Å². The minimum atomic E-state index is -1.09. The Morgan fingerprint density at radius 1 is 1.44 bits per heavy atom. The number of methoxy groups -OCH3 is 1. The van der Waals surface area contributed by atoms with E-state index in [1.54, 1.807) is 7.11 Å². The number of aromatic carboxylic acids is 1. The van der Waals surface area contributed by atoms with Crippen molar-refractivity contribution in [1.29, 1.82) is 0 Å². The predicted molar refractivity (Wildman–Crippen MR) is 63.8 cm³/mol. The van der Waals surface area contributed by atoms with Crippen molar-refractivity contribution in [3.8, 4) is 5.75 Å². The SMILES string of the molecule is COc1ccccc1[C@H](C)n1cc(C(=O)O)nn1. The largest absolute Gasteiger partial charge is 0.496 e. The monoisotopic (exact) mass is 247 g/mol. The number of carboxylic acid groups (broad SMARTS) is 1. The van der Waals surface area contributed by atoms with Crippen LogP contribution < -0.4 is 4.74 Å². The van der Waals surface area contributed by atoms with E-state index in [-0.39, 0.29) is 11.7 Å². The molecule has 0 aliphatic rings. The van der Waals surface area contributed by atoms with Crippen LogP contribution in [0.1, 0.15) is 29.0 Å². The highest BCUT2D eigenvalue weighted by atomic mass is 16.5. The van der Waals surface area contributed by atoms with Crippen LogP contribution in [-0.2, 0) is 0 Å². The predicted octanol–water partition coefficient (Wildman–Crippen LogP) is 1.59. The zero-order valence-electron chi connectivity index (χ0n) is 10.1. The standard InChI is InChI=1S/C12H13N3O3/c1-8(9-5-3-4-6-11(9)18-2)15-7-10(12(16)17)13-14-15/h3-8H,1-2H3,(H,16,17)/t8-/m0/s1. The summed E-state index contributed by atoms with van der Waals surface area (Å²) in [6, 6.07) is 7.37. The van der Waals surface area contributed by atoms with Crippen molar-refractivity contribution in [3.63, 3.8) is 0 Å². The van der Waals surface area contributed by atoms with Crippen LogP contribution in [0.3, 0.4) is 0 Å². The molecule has 1 aromatic heterocycles. The number of aromatic nitrogens is 3. The Labute approximate surface area is 104 Å². The van der Waals surface area contributed by atoms with Crippen LogP contribution in [0.15, 0.2) is 30.5 Å². The van der Waals surface area contributed by atoms with Gasteiger partial charge in [0, 0.05) is 5.56 Å². The number of carboxylic acids is 1. The summed E-state index contributed by atoms with van der Waals surface area (Å²) in [4.78, 5) is 10.8. The van der Waals surface area contributed by atoms with E-state index in [4.69, 9.17) is 9.84 Å². The van der Waals surface area contributed by atoms with Gasteiger partial charge in [-0.3, -0.25) is 0 Å². The first kappa shape index (κ1) is 12.1. The number of hydrogen-bond acceptors (Lipinski definition) is 4. The van der Waals surface area contributed by atoms with Crippen LogP contribution in [-0.4, -0.2) is 33.2 Å². The summed E-state index contributed by atoms with van der Waals surface area (Å²) in [6.07, 6.45) is 1.40. The van der Waals surface area contributed by atoms with Crippen LogP contribution in [0.4, 0.5) is 0 Å². The molecular weight excluding hydrogens is 234 g/mol. The van der Waals surface area contributed by atoms with E-state index in [0.717, 1.165) is 11.3 Å². The van der Waals surface area contributed by atoms with Gasteiger partial charge in [-0.25, -0.2) is 9.48 Å². The zero-order valence-corrected chi connectivity index (χ0v) is 10.1. The molecule has 6 heteroatoms. The number of para-hydroxylation sites is 1. The summed E-state index contributed by atoms with van der Waals surface area (Å²) in [5.74, 6) is -0.356. The summed E-state index contributed by atoms with van der Waals surface area (Å²) >= 11 is 0. The van der Waals surface area contributed by atoms with E-state index in [0.29, 0.717) is 0 Å². The van der Waals surface area contributed by atoms with Crippen molar-refractivity contribution in [2.75, 3.05) is 7.11 Å². The van der Waals surface area contributed by atoms with Crippen LogP contribution in [0, 0.1) is 0 Å². The van der Waals surface area contributed by atoms with Gasteiger partial charge in [0.1, 0.15) is 5.75 Å². The maximum Gasteiger partial charge on any atom is 0.358 e. The molecule has 0 aliphatic heterocycles. The van der Waals surface area contributed by atoms with Gasteiger partial charge in [0.15, 0.2) is 5.69 Å². The van der Waals surface area contributed by atoms with Crippen LogP contribution >= 0.6 is 0 Å². The van der Waals surface area contributed by atoms with E-state index in [2.05, 4.69) is 10.3 Å². The zero-order chi connectivity index (χ0) is 13.1. The molecule has 1 atom stereocenters. The molecule has 0 unspecified atom stereocenters. The molecule has 0 spiro atoms. The Morgan fingerprint density at radius 2 is 2.17 bits per heavy atom. The molecule has 1 N–H and O–H groups in total. The lowest BCUT2D eigenvalue weighted by atomic mass is 10.1. The van der Waals surface area contributed by atoms with E-state index < -0.39 is 5.97 Å². The third-order valence-electron chi connectivity index (χ3n) is 2.72. The lowest BCUT2D eigenvalue weighted by Gasteiger charge is -2.15. The van der Waals surface area contributed by atoms with Gasteiger partial charge in [-0.1, -0.05) is 23.4 Å². The van der Waals surface area contributed by atoms with Gasteiger partial charge in [0.05, 0.1) is 19.3 Å². The third kappa shape index (κ3) is 2.17. The van der Waals surface area contributed by atoms with Crippen molar-refractivity contribution in [3.05, 3.63) is 41.7 Å². The number of ether oxygens (including phenoxy) is 1. The lowest BCUT2D eigenvalue weighted by molar-refractivity contribution is 0.0690. The molecule has 0 saturated carbocycles. The van der Waals surface area contributed by atoms with Crippen molar-refractivity contribution < 1.29 is 14.6 Å². The highest BCUT2D eigenvalue weighted by Crippen LogP contribution is 2.26. The number of rotatable bonds is 4. The normalized spacial score (nSPS) is 12.1. The fraction of sp³-hybridized carbons (Fsp3) is 0.250. The molecule has 94 valence electrons. The number of hydrogen-bond donors (Lipinski definition) is 1. The van der Waals surface area contributed by atoms with E-state index in [1.807, 2.05) is 31.2 Å². The first-order valence-corrected chi connectivity index (χ1v) is 5.41. The third-order valence-corrected chi connectivity index (χ3v) is 2.72.